The van der Waals surface area contributed by atoms with Crippen LogP contribution in [0.3, 0.4) is 0 Å². The van der Waals surface area contributed by atoms with Crippen molar-refractivity contribution >= 4 is 0 Å². The quantitative estimate of drug-likeness (QED) is 0.827. The van der Waals surface area contributed by atoms with E-state index in [0.717, 1.165) is 18.4 Å². The Bertz CT molecular complexity index is 230. The molecule has 2 unspecified atom stereocenters. The highest BCUT2D eigenvalue weighted by Crippen LogP contribution is 2.34. The molecule has 1 N–H and O–H groups in total. The molecule has 1 heterocycles. The third kappa shape index (κ3) is 4.55. The molecular formula is C16H34N2. The molecule has 0 saturated carbocycles. The molecule has 18 heavy (non-hydrogen) atoms. The highest BCUT2D eigenvalue weighted by Gasteiger charge is 2.29. The minimum Gasteiger partial charge on any atom is -0.318 e. The predicted octanol–water partition coefficient (Wildman–Crippen LogP) is 3.38. The fraction of sp³-hybridized carbons (Fsp3) is 1.00. The molecule has 1 aliphatic heterocycles. The van der Waals surface area contributed by atoms with E-state index in [1.165, 1.54) is 32.4 Å². The van der Waals surface area contributed by atoms with E-state index in [1.807, 2.05) is 0 Å². The van der Waals surface area contributed by atoms with Crippen LogP contribution in [0.4, 0.5) is 0 Å². The molecular weight excluding hydrogens is 220 g/mol. The van der Waals surface area contributed by atoms with E-state index >= 15 is 0 Å². The molecule has 1 fully saturated rings. The Labute approximate surface area is 115 Å². The van der Waals surface area contributed by atoms with Gasteiger partial charge >= 0.3 is 0 Å². The van der Waals surface area contributed by atoms with Crippen LogP contribution in [0.15, 0.2) is 0 Å². The average Bonchev–Trinajstić information content (AvgIpc) is 2.50. The van der Waals surface area contributed by atoms with Crippen LogP contribution in [0.5, 0.6) is 0 Å². The molecule has 0 aromatic carbocycles. The van der Waals surface area contributed by atoms with Gasteiger partial charge in [0.05, 0.1) is 0 Å². The molecule has 0 bridgehead atoms. The van der Waals surface area contributed by atoms with Crippen molar-refractivity contribution < 1.29 is 0 Å². The van der Waals surface area contributed by atoms with E-state index in [1.54, 1.807) is 0 Å². The van der Waals surface area contributed by atoms with Crippen LogP contribution < -0.4 is 5.32 Å². The zero-order valence-electron chi connectivity index (χ0n) is 13.4. The summed E-state index contributed by atoms with van der Waals surface area (Å²) in [6, 6.07) is 0.703. The van der Waals surface area contributed by atoms with Crippen molar-refractivity contribution in [1.29, 1.82) is 0 Å². The summed E-state index contributed by atoms with van der Waals surface area (Å²) in [6.07, 6.45) is 4.15. The first-order valence-corrected chi connectivity index (χ1v) is 7.75. The van der Waals surface area contributed by atoms with Gasteiger partial charge in [-0.05, 0) is 56.7 Å². The second kappa shape index (κ2) is 6.91. The fourth-order valence-corrected chi connectivity index (χ4v) is 3.31. The van der Waals surface area contributed by atoms with E-state index in [0.29, 0.717) is 11.5 Å². The van der Waals surface area contributed by atoms with Gasteiger partial charge < -0.3 is 5.32 Å². The molecule has 2 atom stereocenters. The lowest BCUT2D eigenvalue weighted by Gasteiger charge is -2.34. The van der Waals surface area contributed by atoms with Gasteiger partial charge in [0, 0.05) is 12.6 Å². The molecule has 2 nitrogen and oxygen atoms in total. The Kier molecular flexibility index (Phi) is 6.13. The minimum absolute atomic E-state index is 0.479. The molecule has 1 rings (SSSR count). The van der Waals surface area contributed by atoms with E-state index in [2.05, 4.69) is 51.9 Å². The van der Waals surface area contributed by atoms with Gasteiger partial charge in [0.15, 0.2) is 0 Å². The molecule has 0 aliphatic carbocycles. The van der Waals surface area contributed by atoms with Crippen LogP contribution in [0.1, 0.15) is 53.9 Å². The summed E-state index contributed by atoms with van der Waals surface area (Å²) < 4.78 is 0. The number of rotatable bonds is 4. The van der Waals surface area contributed by atoms with E-state index in [9.17, 15) is 0 Å². The van der Waals surface area contributed by atoms with Crippen molar-refractivity contribution in [2.75, 3.05) is 26.7 Å². The molecule has 0 aromatic heterocycles. The third-order valence-corrected chi connectivity index (χ3v) is 4.64. The van der Waals surface area contributed by atoms with Gasteiger partial charge in [0.1, 0.15) is 0 Å². The maximum atomic E-state index is 3.37. The summed E-state index contributed by atoms with van der Waals surface area (Å²) in [5.74, 6) is 1.63. The van der Waals surface area contributed by atoms with Crippen molar-refractivity contribution in [3.63, 3.8) is 0 Å². The number of hydrogen-bond donors (Lipinski definition) is 1. The minimum atomic E-state index is 0.479. The molecule has 0 radical (unpaired) electrons. The smallest absolute Gasteiger partial charge is 0.0243 e. The topological polar surface area (TPSA) is 15.3 Å². The van der Waals surface area contributed by atoms with Crippen LogP contribution in [0.25, 0.3) is 0 Å². The largest absolute Gasteiger partial charge is 0.318 e. The Morgan fingerprint density at radius 1 is 1.17 bits per heavy atom. The normalized spacial score (nSPS) is 25.2. The molecule has 1 aliphatic rings. The number of likely N-dealkylation sites (N-methyl/N-ethyl adjacent to an activating group) is 1. The van der Waals surface area contributed by atoms with Crippen LogP contribution in [-0.4, -0.2) is 37.6 Å². The van der Waals surface area contributed by atoms with Gasteiger partial charge in [0.2, 0.25) is 0 Å². The van der Waals surface area contributed by atoms with E-state index < -0.39 is 0 Å². The lowest BCUT2D eigenvalue weighted by molar-refractivity contribution is 0.149. The molecule has 0 spiro atoms. The van der Waals surface area contributed by atoms with Gasteiger partial charge in [-0.3, -0.25) is 4.90 Å². The summed E-state index contributed by atoms with van der Waals surface area (Å²) in [6.45, 7) is 15.6. The molecule has 2 heteroatoms. The lowest BCUT2D eigenvalue weighted by Crippen LogP contribution is -2.45. The van der Waals surface area contributed by atoms with Crippen LogP contribution in [0.2, 0.25) is 0 Å². The highest BCUT2D eigenvalue weighted by molar-refractivity contribution is 4.83. The first-order chi connectivity index (χ1) is 8.36. The maximum absolute atomic E-state index is 3.37. The van der Waals surface area contributed by atoms with Crippen molar-refractivity contribution in [3.8, 4) is 0 Å². The van der Waals surface area contributed by atoms with Gasteiger partial charge in [-0.15, -0.1) is 0 Å². The van der Waals surface area contributed by atoms with E-state index in [4.69, 9.17) is 0 Å². The third-order valence-electron chi connectivity index (χ3n) is 4.64. The lowest BCUT2D eigenvalue weighted by atomic mass is 9.77. The van der Waals surface area contributed by atoms with Crippen molar-refractivity contribution in [1.82, 2.24) is 10.2 Å². The monoisotopic (exact) mass is 254 g/mol. The van der Waals surface area contributed by atoms with Crippen LogP contribution in [-0.2, 0) is 0 Å². The fourth-order valence-electron chi connectivity index (χ4n) is 3.31. The Balaban J connectivity index is 2.59. The van der Waals surface area contributed by atoms with Gasteiger partial charge in [-0.1, -0.05) is 34.6 Å². The summed E-state index contributed by atoms with van der Waals surface area (Å²) in [4.78, 5) is 2.73. The SMILES string of the molecule is CNCC(C(C)C)N1CCCC(C(C)(C)C)CC1. The van der Waals surface area contributed by atoms with Gasteiger partial charge in [-0.25, -0.2) is 0 Å². The number of hydrogen-bond acceptors (Lipinski definition) is 2. The van der Waals surface area contributed by atoms with E-state index in [-0.39, 0.29) is 0 Å². The Morgan fingerprint density at radius 3 is 2.33 bits per heavy atom. The summed E-state index contributed by atoms with van der Waals surface area (Å²) in [5.41, 5.74) is 0.479. The zero-order valence-corrected chi connectivity index (χ0v) is 13.4. The number of nitrogens with one attached hydrogen (secondary N) is 1. The maximum Gasteiger partial charge on any atom is 0.0243 e. The average molecular weight is 254 g/mol. The number of nitrogens with zero attached hydrogens (tertiary/aromatic N) is 1. The summed E-state index contributed by atoms with van der Waals surface area (Å²) >= 11 is 0. The second-order valence-electron chi connectivity index (χ2n) is 7.40. The Morgan fingerprint density at radius 2 is 1.83 bits per heavy atom. The summed E-state index contributed by atoms with van der Waals surface area (Å²) in [7, 11) is 2.07. The van der Waals surface area contributed by atoms with Gasteiger partial charge in [0.25, 0.3) is 0 Å². The second-order valence-corrected chi connectivity index (χ2v) is 7.40. The van der Waals surface area contributed by atoms with Gasteiger partial charge in [-0.2, -0.15) is 0 Å². The zero-order chi connectivity index (χ0) is 13.8. The Hall–Kier alpha value is -0.0800. The molecule has 108 valence electrons. The molecule has 0 aromatic rings. The van der Waals surface area contributed by atoms with Crippen LogP contribution >= 0.6 is 0 Å². The molecule has 0 amide bonds. The van der Waals surface area contributed by atoms with Crippen molar-refractivity contribution in [2.24, 2.45) is 17.3 Å². The predicted molar refractivity (Wildman–Crippen MR) is 80.9 cm³/mol. The molecule has 1 saturated heterocycles. The standard InChI is InChI=1S/C16H34N2/c1-13(2)15(12-17-6)18-10-7-8-14(9-11-18)16(3,4)5/h13-15,17H,7-12H2,1-6H3. The van der Waals surface area contributed by atoms with Crippen LogP contribution in [0, 0.1) is 17.3 Å². The first kappa shape index (κ1) is 16.0. The summed E-state index contributed by atoms with van der Waals surface area (Å²) in [5, 5.41) is 3.37. The number of likely N-dealkylation sites (tertiary alicyclic amines) is 1. The van der Waals surface area contributed by atoms with Crippen molar-refractivity contribution in [2.45, 2.75) is 59.9 Å². The highest BCUT2D eigenvalue weighted by atomic mass is 15.2. The van der Waals surface area contributed by atoms with Crippen molar-refractivity contribution in [3.05, 3.63) is 0 Å². The first-order valence-electron chi connectivity index (χ1n) is 7.75.